The fourth-order valence-corrected chi connectivity index (χ4v) is 4.92. The molecule has 4 bridgehead atoms. The molecule has 0 saturated heterocycles. The zero-order valence-corrected chi connectivity index (χ0v) is 9.63. The second-order valence-electron chi connectivity index (χ2n) is 6.14. The molecule has 4 fully saturated rings. The molecule has 0 radical (unpaired) electrons. The van der Waals surface area contributed by atoms with Gasteiger partial charge in [-0.1, -0.05) is 19.3 Å². The Kier molecular flexibility index (Phi) is 1.96. The Hall–Kier alpha value is -0.0400. The van der Waals surface area contributed by atoms with Gasteiger partial charge in [0.15, 0.2) is 0 Å². The molecule has 14 heavy (non-hydrogen) atoms. The van der Waals surface area contributed by atoms with E-state index in [4.69, 9.17) is 0 Å². The summed E-state index contributed by atoms with van der Waals surface area (Å²) in [4.78, 5) is 2.58. The highest BCUT2D eigenvalue weighted by Gasteiger charge is 2.54. The molecule has 0 aromatic heterocycles. The van der Waals surface area contributed by atoms with Crippen LogP contribution in [-0.2, 0) is 0 Å². The fraction of sp³-hybridized carbons (Fsp3) is 1.00. The van der Waals surface area contributed by atoms with Crippen molar-refractivity contribution < 1.29 is 0 Å². The average Bonchev–Trinajstić information content (AvgIpc) is 2.17. The van der Waals surface area contributed by atoms with Crippen molar-refractivity contribution in [3.05, 3.63) is 0 Å². The molecule has 0 heterocycles. The smallest absolute Gasteiger partial charge is 0.0236 e. The number of rotatable bonds is 1. The second kappa shape index (κ2) is 2.98. The first-order valence-corrected chi connectivity index (χ1v) is 6.40. The summed E-state index contributed by atoms with van der Waals surface area (Å²) in [7, 11) is 4.64. The Morgan fingerprint density at radius 3 is 2.64 bits per heavy atom. The van der Waals surface area contributed by atoms with E-state index in [1.54, 1.807) is 6.42 Å². The maximum atomic E-state index is 2.58. The van der Waals surface area contributed by atoms with Crippen molar-refractivity contribution in [2.24, 2.45) is 17.8 Å². The van der Waals surface area contributed by atoms with Gasteiger partial charge < -0.3 is 4.90 Å². The van der Waals surface area contributed by atoms with Crippen LogP contribution >= 0.6 is 0 Å². The highest BCUT2D eigenvalue weighted by Crippen LogP contribution is 2.58. The lowest BCUT2D eigenvalue weighted by molar-refractivity contribution is -0.0958. The van der Waals surface area contributed by atoms with E-state index in [0.717, 1.165) is 17.8 Å². The van der Waals surface area contributed by atoms with Crippen LogP contribution in [0.1, 0.15) is 44.9 Å². The van der Waals surface area contributed by atoms with Crippen LogP contribution in [0.3, 0.4) is 0 Å². The molecule has 0 amide bonds. The normalized spacial score (nSPS) is 51.2. The Morgan fingerprint density at radius 2 is 2.00 bits per heavy atom. The van der Waals surface area contributed by atoms with E-state index in [1.165, 1.54) is 38.5 Å². The lowest BCUT2D eigenvalue weighted by Gasteiger charge is -2.61. The first-order valence-electron chi connectivity index (χ1n) is 6.40. The van der Waals surface area contributed by atoms with Crippen molar-refractivity contribution in [2.45, 2.75) is 50.5 Å². The third-order valence-electron chi connectivity index (χ3n) is 5.50. The highest BCUT2D eigenvalue weighted by molar-refractivity contribution is 5.08. The van der Waals surface area contributed by atoms with E-state index in [-0.39, 0.29) is 0 Å². The molecule has 80 valence electrons. The van der Waals surface area contributed by atoms with Crippen LogP contribution in [-0.4, -0.2) is 24.5 Å². The lowest BCUT2D eigenvalue weighted by atomic mass is 9.50. The summed E-state index contributed by atoms with van der Waals surface area (Å²) in [5.74, 6) is 3.22. The molecule has 4 aliphatic rings. The average molecular weight is 193 g/mol. The van der Waals surface area contributed by atoms with Gasteiger partial charge in [-0.2, -0.15) is 0 Å². The molecule has 0 aromatic carbocycles. The predicted molar refractivity (Wildman–Crippen MR) is 59.2 cm³/mol. The van der Waals surface area contributed by atoms with E-state index in [0.29, 0.717) is 5.54 Å². The minimum Gasteiger partial charge on any atom is -0.303 e. The van der Waals surface area contributed by atoms with Gasteiger partial charge in [-0.3, -0.25) is 0 Å². The Bertz CT molecular complexity index is 235. The van der Waals surface area contributed by atoms with Gasteiger partial charge in [0.2, 0.25) is 0 Å². The fourth-order valence-electron chi connectivity index (χ4n) is 4.92. The summed E-state index contributed by atoms with van der Waals surface area (Å²) in [6, 6.07) is 0. The van der Waals surface area contributed by atoms with Crippen LogP contribution in [0.15, 0.2) is 0 Å². The summed E-state index contributed by atoms with van der Waals surface area (Å²) in [6.45, 7) is 0. The lowest BCUT2D eigenvalue weighted by Crippen LogP contribution is -2.61. The monoisotopic (exact) mass is 193 g/mol. The first-order chi connectivity index (χ1) is 6.72. The molecule has 4 aliphatic carbocycles. The van der Waals surface area contributed by atoms with Crippen LogP contribution in [0, 0.1) is 17.8 Å². The molecular weight excluding hydrogens is 170 g/mol. The first kappa shape index (κ1) is 9.21. The summed E-state index contributed by atoms with van der Waals surface area (Å²) in [5.41, 5.74) is 0.629. The van der Waals surface area contributed by atoms with Gasteiger partial charge in [-0.15, -0.1) is 0 Å². The van der Waals surface area contributed by atoms with Gasteiger partial charge in [0.1, 0.15) is 0 Å². The molecule has 0 unspecified atom stereocenters. The van der Waals surface area contributed by atoms with Crippen molar-refractivity contribution in [1.82, 2.24) is 4.90 Å². The molecular formula is C13H23N. The van der Waals surface area contributed by atoms with Crippen LogP contribution in [0.2, 0.25) is 0 Å². The third kappa shape index (κ3) is 1.05. The Balaban J connectivity index is 1.95. The number of nitrogens with zero attached hydrogens (tertiary/aromatic N) is 1. The maximum absolute atomic E-state index is 2.58. The molecule has 0 spiro atoms. The van der Waals surface area contributed by atoms with E-state index in [1.807, 2.05) is 0 Å². The zero-order chi connectivity index (χ0) is 9.76. The number of hydrogen-bond donors (Lipinski definition) is 0. The molecule has 1 heteroatoms. The molecule has 4 saturated carbocycles. The quantitative estimate of drug-likeness (QED) is 0.619. The van der Waals surface area contributed by atoms with Crippen molar-refractivity contribution in [3.63, 3.8) is 0 Å². The predicted octanol–water partition coefficient (Wildman–Crippen LogP) is 2.91. The van der Waals surface area contributed by atoms with E-state index < -0.39 is 0 Å². The minimum atomic E-state index is 0.629. The highest BCUT2D eigenvalue weighted by atomic mass is 15.2. The van der Waals surface area contributed by atoms with Gasteiger partial charge in [0, 0.05) is 5.54 Å². The third-order valence-corrected chi connectivity index (χ3v) is 5.50. The van der Waals surface area contributed by atoms with Gasteiger partial charge >= 0.3 is 0 Å². The van der Waals surface area contributed by atoms with Gasteiger partial charge in [0.25, 0.3) is 0 Å². The molecule has 0 N–H and O–H groups in total. The van der Waals surface area contributed by atoms with Crippen molar-refractivity contribution in [2.75, 3.05) is 14.1 Å². The van der Waals surface area contributed by atoms with Gasteiger partial charge in [-0.05, 0) is 57.5 Å². The number of hydrogen-bond acceptors (Lipinski definition) is 1. The zero-order valence-electron chi connectivity index (χ0n) is 9.63. The van der Waals surface area contributed by atoms with Crippen LogP contribution in [0.25, 0.3) is 0 Å². The minimum absolute atomic E-state index is 0.629. The molecule has 0 aliphatic heterocycles. The van der Waals surface area contributed by atoms with Gasteiger partial charge in [-0.25, -0.2) is 0 Å². The van der Waals surface area contributed by atoms with Crippen molar-refractivity contribution in [1.29, 1.82) is 0 Å². The topological polar surface area (TPSA) is 3.24 Å². The van der Waals surface area contributed by atoms with Crippen molar-refractivity contribution >= 4 is 0 Å². The molecule has 4 atom stereocenters. The molecule has 0 aromatic rings. The largest absolute Gasteiger partial charge is 0.303 e. The van der Waals surface area contributed by atoms with E-state index in [2.05, 4.69) is 19.0 Å². The van der Waals surface area contributed by atoms with Crippen LogP contribution < -0.4 is 0 Å². The van der Waals surface area contributed by atoms with E-state index >= 15 is 0 Å². The van der Waals surface area contributed by atoms with Crippen LogP contribution in [0.5, 0.6) is 0 Å². The summed E-state index contributed by atoms with van der Waals surface area (Å²) >= 11 is 0. The van der Waals surface area contributed by atoms with E-state index in [9.17, 15) is 0 Å². The SMILES string of the molecule is CN(C)[C@]12CCC[C@@H]3C[C@@H](CC[C@@H]31)C2. The molecule has 4 rings (SSSR count). The molecule has 1 nitrogen and oxygen atoms in total. The second-order valence-corrected chi connectivity index (χ2v) is 6.14. The number of fused-ring (bicyclic) bond motifs is 1. The summed E-state index contributed by atoms with van der Waals surface area (Å²) in [5, 5.41) is 0. The Morgan fingerprint density at radius 1 is 1.14 bits per heavy atom. The maximum Gasteiger partial charge on any atom is 0.0236 e. The van der Waals surface area contributed by atoms with Gasteiger partial charge in [0.05, 0.1) is 0 Å². The van der Waals surface area contributed by atoms with Crippen molar-refractivity contribution in [3.8, 4) is 0 Å². The van der Waals surface area contributed by atoms with Crippen LogP contribution in [0.4, 0.5) is 0 Å². The summed E-state index contributed by atoms with van der Waals surface area (Å²) < 4.78 is 0. The Labute approximate surface area is 87.9 Å². The standard InChI is InChI=1S/C13H23N/c1-14(2)13-7-3-4-11-8-10(9-13)5-6-12(11)13/h10-12H,3-9H2,1-2H3/t10-,11-,12+,13+/m1/s1. The summed E-state index contributed by atoms with van der Waals surface area (Å²) in [6.07, 6.45) is 10.7.